The van der Waals surface area contributed by atoms with E-state index in [1.807, 2.05) is 26.4 Å². The summed E-state index contributed by atoms with van der Waals surface area (Å²) in [5.41, 5.74) is 1.86. The Hall–Kier alpha value is -2.94. The number of nitrogens with one attached hydrogen (secondary N) is 2. The van der Waals surface area contributed by atoms with E-state index in [9.17, 15) is 9.18 Å². The van der Waals surface area contributed by atoms with Crippen LogP contribution < -0.4 is 10.6 Å². The van der Waals surface area contributed by atoms with Gasteiger partial charge in [0.1, 0.15) is 11.9 Å². The molecule has 1 saturated heterocycles. The highest BCUT2D eigenvalue weighted by molar-refractivity contribution is 5.94. The summed E-state index contributed by atoms with van der Waals surface area (Å²) in [5.74, 6) is 0.0908. The van der Waals surface area contributed by atoms with Crippen LogP contribution in [0, 0.1) is 12.7 Å². The molecule has 2 heterocycles. The topological polar surface area (TPSA) is 83.8 Å². The molecule has 162 valence electrons. The second-order valence-corrected chi connectivity index (χ2v) is 7.21. The van der Waals surface area contributed by atoms with Crippen molar-refractivity contribution < 1.29 is 13.9 Å². The standard InChI is InChI=1S/C21H29FN6O2/c1-4-23-21(28-9-10-30-19(14-28)17-12-26-27(3)13-17)25-8-7-24-20(29)16-6-5-15(2)18(22)11-16/h5-6,11-13,19H,4,7-10,14H2,1-3H3,(H,23,25)(H,24,29). The zero-order valence-electron chi connectivity index (χ0n) is 17.7. The largest absolute Gasteiger partial charge is 0.370 e. The second-order valence-electron chi connectivity index (χ2n) is 7.21. The minimum absolute atomic E-state index is 0.0626. The Morgan fingerprint density at radius 3 is 2.93 bits per heavy atom. The summed E-state index contributed by atoms with van der Waals surface area (Å²) >= 11 is 0. The Kier molecular flexibility index (Phi) is 7.40. The third kappa shape index (κ3) is 5.56. The smallest absolute Gasteiger partial charge is 0.251 e. The third-order valence-electron chi connectivity index (χ3n) is 4.89. The van der Waals surface area contributed by atoms with Gasteiger partial charge in [-0.05, 0) is 31.5 Å². The molecule has 1 aliphatic rings. The van der Waals surface area contributed by atoms with Gasteiger partial charge in [0.25, 0.3) is 5.91 Å². The first kappa shape index (κ1) is 21.8. The third-order valence-corrected chi connectivity index (χ3v) is 4.89. The molecule has 1 unspecified atom stereocenters. The van der Waals surface area contributed by atoms with Crippen molar-refractivity contribution in [2.24, 2.45) is 12.0 Å². The summed E-state index contributed by atoms with van der Waals surface area (Å²) in [5, 5.41) is 10.3. The lowest BCUT2D eigenvalue weighted by atomic mass is 10.1. The van der Waals surface area contributed by atoms with Crippen LogP contribution in [0.25, 0.3) is 0 Å². The molecule has 0 bridgehead atoms. The van der Waals surface area contributed by atoms with Crippen LogP contribution in [-0.4, -0.2) is 65.9 Å². The van der Waals surface area contributed by atoms with Crippen molar-refractivity contribution in [3.8, 4) is 0 Å². The highest BCUT2D eigenvalue weighted by Crippen LogP contribution is 2.21. The number of halogens is 1. The number of carbonyl (C=O) groups excluding carboxylic acids is 1. The van der Waals surface area contributed by atoms with Crippen molar-refractivity contribution in [3.05, 3.63) is 53.1 Å². The first-order valence-corrected chi connectivity index (χ1v) is 10.2. The van der Waals surface area contributed by atoms with E-state index in [-0.39, 0.29) is 17.8 Å². The highest BCUT2D eigenvalue weighted by atomic mass is 19.1. The van der Waals surface area contributed by atoms with Gasteiger partial charge in [-0.2, -0.15) is 5.10 Å². The van der Waals surface area contributed by atoms with Crippen molar-refractivity contribution in [1.82, 2.24) is 25.3 Å². The van der Waals surface area contributed by atoms with E-state index < -0.39 is 0 Å². The van der Waals surface area contributed by atoms with Crippen LogP contribution in [0.2, 0.25) is 0 Å². The van der Waals surface area contributed by atoms with Gasteiger partial charge in [0.15, 0.2) is 5.96 Å². The normalized spacial score (nSPS) is 17.1. The van der Waals surface area contributed by atoms with E-state index in [0.717, 1.165) is 24.6 Å². The molecule has 0 saturated carbocycles. The molecule has 1 aromatic heterocycles. The first-order chi connectivity index (χ1) is 14.5. The molecule has 3 rings (SSSR count). The Bertz CT molecular complexity index is 897. The van der Waals surface area contributed by atoms with Crippen LogP contribution in [0.5, 0.6) is 0 Å². The van der Waals surface area contributed by atoms with E-state index in [0.29, 0.717) is 37.4 Å². The number of aromatic nitrogens is 2. The zero-order valence-corrected chi connectivity index (χ0v) is 17.7. The van der Waals surface area contributed by atoms with Crippen LogP contribution in [0.4, 0.5) is 4.39 Å². The van der Waals surface area contributed by atoms with Crippen molar-refractivity contribution in [1.29, 1.82) is 0 Å². The van der Waals surface area contributed by atoms with Gasteiger partial charge >= 0.3 is 0 Å². The fourth-order valence-electron chi connectivity index (χ4n) is 3.24. The van der Waals surface area contributed by atoms with Gasteiger partial charge in [0.05, 0.1) is 25.9 Å². The molecule has 1 fully saturated rings. The maximum absolute atomic E-state index is 13.6. The monoisotopic (exact) mass is 416 g/mol. The Labute approximate surface area is 176 Å². The molecule has 1 atom stereocenters. The SMILES string of the molecule is CCNC(=NCCNC(=O)c1ccc(C)c(F)c1)N1CCOC(c2cnn(C)c2)C1. The van der Waals surface area contributed by atoms with Gasteiger partial charge in [-0.3, -0.25) is 14.5 Å². The number of morpholine rings is 1. The molecule has 2 N–H and O–H groups in total. The average Bonchev–Trinajstić information content (AvgIpc) is 3.18. The lowest BCUT2D eigenvalue weighted by Crippen LogP contribution is -2.48. The molecule has 0 spiro atoms. The van der Waals surface area contributed by atoms with Gasteiger partial charge in [0.2, 0.25) is 0 Å². The van der Waals surface area contributed by atoms with Crippen LogP contribution in [0.15, 0.2) is 35.6 Å². The summed E-state index contributed by atoms with van der Waals surface area (Å²) in [6.07, 6.45) is 3.72. The number of carbonyl (C=O) groups is 1. The summed E-state index contributed by atoms with van der Waals surface area (Å²) in [7, 11) is 1.88. The van der Waals surface area contributed by atoms with Crippen molar-refractivity contribution in [2.75, 3.05) is 39.3 Å². The maximum atomic E-state index is 13.6. The minimum Gasteiger partial charge on any atom is -0.370 e. The van der Waals surface area contributed by atoms with Gasteiger partial charge in [-0.1, -0.05) is 6.07 Å². The van der Waals surface area contributed by atoms with Gasteiger partial charge < -0.3 is 20.3 Å². The van der Waals surface area contributed by atoms with Crippen LogP contribution in [0.1, 0.15) is 34.5 Å². The van der Waals surface area contributed by atoms with Crippen LogP contribution in [0.3, 0.4) is 0 Å². The lowest BCUT2D eigenvalue weighted by molar-refractivity contribution is -0.00803. The highest BCUT2D eigenvalue weighted by Gasteiger charge is 2.25. The number of aliphatic imine (C=N–C) groups is 1. The molecule has 1 aliphatic heterocycles. The number of ether oxygens (including phenoxy) is 1. The fourth-order valence-corrected chi connectivity index (χ4v) is 3.24. The van der Waals surface area contributed by atoms with Gasteiger partial charge in [-0.15, -0.1) is 0 Å². The lowest BCUT2D eigenvalue weighted by Gasteiger charge is -2.34. The minimum atomic E-state index is -0.384. The molecule has 0 radical (unpaired) electrons. The second kappa shape index (κ2) is 10.2. The Morgan fingerprint density at radius 2 is 2.23 bits per heavy atom. The fraction of sp³-hybridized carbons (Fsp3) is 0.476. The molecule has 30 heavy (non-hydrogen) atoms. The summed E-state index contributed by atoms with van der Waals surface area (Å²) in [4.78, 5) is 19.0. The van der Waals surface area contributed by atoms with Crippen molar-refractivity contribution >= 4 is 11.9 Å². The zero-order chi connectivity index (χ0) is 21.5. The number of guanidine groups is 1. The van der Waals surface area contributed by atoms with Crippen molar-refractivity contribution in [2.45, 2.75) is 20.0 Å². The van der Waals surface area contributed by atoms with Crippen molar-refractivity contribution in [3.63, 3.8) is 0 Å². The predicted molar refractivity (Wildman–Crippen MR) is 113 cm³/mol. The van der Waals surface area contributed by atoms with E-state index in [1.54, 1.807) is 23.7 Å². The van der Waals surface area contributed by atoms with Crippen LogP contribution in [-0.2, 0) is 11.8 Å². The molecule has 1 amide bonds. The number of hydrogen-bond acceptors (Lipinski definition) is 4. The average molecular weight is 417 g/mol. The quantitative estimate of drug-likeness (QED) is 0.425. The van der Waals surface area contributed by atoms with E-state index in [4.69, 9.17) is 4.74 Å². The van der Waals surface area contributed by atoms with Gasteiger partial charge in [0, 0.05) is 44.0 Å². The first-order valence-electron chi connectivity index (χ1n) is 10.2. The summed E-state index contributed by atoms with van der Waals surface area (Å²) in [6.45, 7) is 7.20. The number of aryl methyl sites for hydroxylation is 2. The summed E-state index contributed by atoms with van der Waals surface area (Å²) in [6, 6.07) is 4.47. The Morgan fingerprint density at radius 1 is 1.40 bits per heavy atom. The molecular formula is C21H29FN6O2. The molecule has 0 aliphatic carbocycles. The van der Waals surface area contributed by atoms with Crippen LogP contribution >= 0.6 is 0 Å². The van der Waals surface area contributed by atoms with E-state index in [1.165, 1.54) is 6.07 Å². The number of benzene rings is 1. The number of amides is 1. The van der Waals surface area contributed by atoms with E-state index in [2.05, 4.69) is 25.6 Å². The van der Waals surface area contributed by atoms with Gasteiger partial charge in [-0.25, -0.2) is 4.39 Å². The Balaban J connectivity index is 1.56. The molecular weight excluding hydrogens is 387 g/mol. The number of hydrogen-bond donors (Lipinski definition) is 2. The number of nitrogens with zero attached hydrogens (tertiary/aromatic N) is 4. The molecule has 8 nitrogen and oxygen atoms in total. The number of rotatable bonds is 6. The van der Waals surface area contributed by atoms with E-state index >= 15 is 0 Å². The molecule has 1 aromatic carbocycles. The summed E-state index contributed by atoms with van der Waals surface area (Å²) < 4.78 is 21.3. The predicted octanol–water partition coefficient (Wildman–Crippen LogP) is 1.64. The molecule has 2 aromatic rings. The molecule has 9 heteroatoms. The maximum Gasteiger partial charge on any atom is 0.251 e.